The number of rotatable bonds is 0. The summed E-state index contributed by atoms with van der Waals surface area (Å²) in [6, 6.07) is 0. The van der Waals surface area contributed by atoms with Crippen molar-refractivity contribution in [3.8, 4) is 0 Å². The Balaban J connectivity index is -0.000000000556. The van der Waals surface area contributed by atoms with Crippen LogP contribution in [0.25, 0.3) is 0 Å². The monoisotopic (exact) mass is 225 g/mol. The number of hydrogen-bond acceptors (Lipinski definition) is 6. The van der Waals surface area contributed by atoms with Crippen molar-refractivity contribution in [3.63, 3.8) is 0 Å². The van der Waals surface area contributed by atoms with Gasteiger partial charge in [0.25, 0.3) is 0 Å². The van der Waals surface area contributed by atoms with Crippen LogP contribution in [0.15, 0.2) is 0 Å². The van der Waals surface area contributed by atoms with Gasteiger partial charge in [-0.25, -0.2) is 0 Å². The first-order valence-corrected chi connectivity index (χ1v) is 1.48. The van der Waals surface area contributed by atoms with Crippen LogP contribution >= 0.6 is 0 Å². The van der Waals surface area contributed by atoms with Gasteiger partial charge in [0.15, 0.2) is 0 Å². The molecule has 0 aliphatic heterocycles. The molecule has 16 N–H and O–H groups in total. The zero-order chi connectivity index (χ0) is 2.71. The fourth-order valence-corrected chi connectivity index (χ4v) is 0. The first kappa shape index (κ1) is 484. The van der Waals surface area contributed by atoms with E-state index in [9.17, 15) is 0 Å². The molecule has 0 aliphatic carbocycles. The van der Waals surface area contributed by atoms with E-state index in [2.05, 4.69) is 0 Å². The summed E-state index contributed by atoms with van der Waals surface area (Å²) in [4.78, 5) is 0. The van der Waals surface area contributed by atoms with Crippen molar-refractivity contribution in [2.75, 3.05) is 0 Å². The summed E-state index contributed by atoms with van der Waals surface area (Å²) in [7, 11) is 0. The molecule has 0 amide bonds. The summed E-state index contributed by atoms with van der Waals surface area (Å²) >= 11 is -1.50. The third-order valence-electron chi connectivity index (χ3n) is 0. The fourth-order valence-electron chi connectivity index (χ4n) is 0. The van der Waals surface area contributed by atoms with Crippen molar-refractivity contribution in [1.82, 2.24) is 30.8 Å². The predicted octanol–water partition coefficient (Wildman–Crippen LogP) is 0.363. The number of hydrogen-bond donors (Lipinski definition) is 6. The van der Waals surface area contributed by atoms with Gasteiger partial charge in [0.05, 0.1) is 0 Å². The van der Waals surface area contributed by atoms with Gasteiger partial charge in [-0.1, -0.05) is 0 Å². The third kappa shape index (κ3) is 5980. The van der Waals surface area contributed by atoms with Crippen LogP contribution in [0.3, 0.4) is 0 Å². The van der Waals surface area contributed by atoms with Crippen molar-refractivity contribution in [2.45, 2.75) is 0 Å². The van der Waals surface area contributed by atoms with Gasteiger partial charge < -0.3 is 30.8 Å². The first-order chi connectivity index (χ1) is 1.41. The van der Waals surface area contributed by atoms with Crippen LogP contribution in [0.1, 0.15) is 0 Å². The molecular formula is H20AlF4N5O2. The summed E-state index contributed by atoms with van der Waals surface area (Å²) in [5.74, 6) is 0. The molecule has 0 heterocycles. The molecule has 12 heteroatoms. The molecule has 12 heavy (non-hydrogen) atoms. The predicted molar refractivity (Wildman–Crippen MR) is 43.8 cm³/mol. The zero-order valence-corrected chi connectivity index (χ0v) is 7.76. The van der Waals surface area contributed by atoms with Crippen molar-refractivity contribution >= 4 is 15.5 Å². The summed E-state index contributed by atoms with van der Waals surface area (Å²) in [6.07, 6.45) is 0. The van der Waals surface area contributed by atoms with E-state index in [1.165, 1.54) is 0 Å². The Morgan fingerprint density at radius 2 is 0.667 bits per heavy atom. The van der Waals surface area contributed by atoms with Crippen LogP contribution in [0.4, 0.5) is 18.8 Å². The van der Waals surface area contributed by atoms with E-state index >= 15 is 0 Å². The van der Waals surface area contributed by atoms with Gasteiger partial charge in [0, 0.05) is 0 Å². The van der Waals surface area contributed by atoms with E-state index in [4.69, 9.17) is 7.96 Å². The Morgan fingerprint density at radius 3 is 0.667 bits per heavy atom. The van der Waals surface area contributed by atoms with Gasteiger partial charge in [-0.05, 0) is 0 Å². The average molecular weight is 225 g/mol. The van der Waals surface area contributed by atoms with Gasteiger partial charge in [-0.2, -0.15) is 0 Å². The van der Waals surface area contributed by atoms with Crippen molar-refractivity contribution in [1.29, 1.82) is 0 Å². The molecule has 0 aliphatic rings. The maximum atomic E-state index is 8.57. The SMILES string of the molecule is F.F.F.F.N.N.N.N.N.[O]=[Al][OH]. The van der Waals surface area contributed by atoms with E-state index in [1.807, 2.05) is 0 Å². The molecule has 0 aromatic heterocycles. The molecule has 0 unspecified atom stereocenters. The van der Waals surface area contributed by atoms with Crippen molar-refractivity contribution < 1.29 is 26.8 Å². The molecule has 0 atom stereocenters. The van der Waals surface area contributed by atoms with E-state index in [0.717, 1.165) is 0 Å². The van der Waals surface area contributed by atoms with Crippen molar-refractivity contribution in [2.24, 2.45) is 0 Å². The Kier molecular flexibility index (Phi) is 94100. The molecule has 0 aromatic carbocycles. The van der Waals surface area contributed by atoms with E-state index in [-0.39, 0.29) is 49.6 Å². The first-order valence-electron chi connectivity index (χ1n) is 0.494. The molecule has 0 radical (unpaired) electrons. The molecule has 88 valence electrons. The standard InChI is InChI=1S/Al.4FH.5H3N.H2O.O/h;4*1H;5*1H3;1H2;/q+1;;;;;;;;;;;/p-1. The Bertz CT molecular complexity index is 28.9. The summed E-state index contributed by atoms with van der Waals surface area (Å²) in [6.45, 7) is 0. The van der Waals surface area contributed by atoms with Gasteiger partial charge in [0.1, 0.15) is 0 Å². The quantitative estimate of drug-likeness (QED) is 0.251. The average Bonchev–Trinajstić information content (AvgIpc) is 0.918. The number of halogens is 4. The topological polar surface area (TPSA) is 212 Å². The van der Waals surface area contributed by atoms with Gasteiger partial charge >= 0.3 is 23.4 Å². The Morgan fingerprint density at radius 1 is 0.667 bits per heavy atom. The molecule has 0 saturated heterocycles. The Labute approximate surface area is 73.9 Å². The zero-order valence-electron chi connectivity index (χ0n) is 6.60. The normalized spacial score (nSPS) is 0.667. The van der Waals surface area contributed by atoms with Crippen LogP contribution in [0.5, 0.6) is 0 Å². The van der Waals surface area contributed by atoms with E-state index in [0.29, 0.717) is 0 Å². The maximum absolute atomic E-state index is 8.57. The second-order valence-electron chi connectivity index (χ2n) is 0.105. The minimum absolute atomic E-state index is 0. The summed E-state index contributed by atoms with van der Waals surface area (Å²) in [5.41, 5.74) is 0. The molecule has 0 fully saturated rings. The summed E-state index contributed by atoms with van der Waals surface area (Å²) < 4.78 is 15.7. The van der Waals surface area contributed by atoms with E-state index in [1.54, 1.807) is 0 Å². The molecule has 0 rings (SSSR count). The molecule has 0 saturated carbocycles. The molecule has 0 aromatic rings. The second-order valence-corrected chi connectivity index (χ2v) is 0.316. The molecule has 0 spiro atoms. The van der Waals surface area contributed by atoms with Crippen LogP contribution < -0.4 is 30.8 Å². The van der Waals surface area contributed by atoms with Crippen LogP contribution in [0, 0.1) is 0 Å². The summed E-state index contributed by atoms with van der Waals surface area (Å²) in [5, 5.41) is 0. The van der Waals surface area contributed by atoms with E-state index < -0.39 is 15.5 Å². The second kappa shape index (κ2) is 2330. The van der Waals surface area contributed by atoms with Gasteiger partial charge in [-0.15, -0.1) is 0 Å². The Hall–Kier alpha value is -0.348. The molecule has 7 nitrogen and oxygen atoms in total. The van der Waals surface area contributed by atoms with Crippen molar-refractivity contribution in [3.05, 3.63) is 0 Å². The van der Waals surface area contributed by atoms with Crippen LogP contribution in [-0.4, -0.2) is 19.6 Å². The van der Waals surface area contributed by atoms with Crippen LogP contribution in [0.2, 0.25) is 0 Å². The minimum atomic E-state index is -1.50. The molecule has 0 bridgehead atoms. The van der Waals surface area contributed by atoms with Gasteiger partial charge in [0.2, 0.25) is 0 Å². The fraction of sp³-hybridized carbons (Fsp3) is 0. The third-order valence-corrected chi connectivity index (χ3v) is 0. The van der Waals surface area contributed by atoms with Gasteiger partial charge in [-0.3, -0.25) is 18.8 Å². The molecular weight excluding hydrogens is 205 g/mol. The van der Waals surface area contributed by atoms with Crippen LogP contribution in [-0.2, 0) is 3.80 Å².